The minimum atomic E-state index is -2.78. The lowest BCUT2D eigenvalue weighted by Gasteiger charge is -2.22. The lowest BCUT2D eigenvalue weighted by Crippen LogP contribution is -2.33. The Balaban J connectivity index is 2.06. The van der Waals surface area contributed by atoms with Crippen LogP contribution >= 0.6 is 11.8 Å². The molecule has 1 aliphatic heterocycles. The molecule has 1 saturated heterocycles. The zero-order valence-corrected chi connectivity index (χ0v) is 11.2. The highest BCUT2D eigenvalue weighted by Gasteiger charge is 2.28. The molecule has 0 aromatic rings. The van der Waals surface area contributed by atoms with Crippen LogP contribution < -0.4 is 5.32 Å². The van der Waals surface area contributed by atoms with Crippen LogP contribution in [-0.2, 0) is 9.84 Å². The predicted molar refractivity (Wildman–Crippen MR) is 67.3 cm³/mol. The maximum Gasteiger partial charge on any atom is 0.147 e. The van der Waals surface area contributed by atoms with E-state index >= 15 is 0 Å². The van der Waals surface area contributed by atoms with Crippen molar-refractivity contribution in [2.24, 2.45) is 0 Å². The molecule has 1 rings (SSSR count). The van der Waals surface area contributed by atoms with E-state index in [9.17, 15) is 8.42 Å². The molecule has 0 aliphatic carbocycles. The summed E-state index contributed by atoms with van der Waals surface area (Å²) in [4.78, 5) is 0. The van der Waals surface area contributed by atoms with E-state index in [0.29, 0.717) is 10.5 Å². The van der Waals surface area contributed by atoms with Crippen LogP contribution in [0.3, 0.4) is 0 Å². The van der Waals surface area contributed by atoms with Crippen LogP contribution in [0.1, 0.15) is 26.2 Å². The molecular formula is C10H21NO2S2. The van der Waals surface area contributed by atoms with E-state index in [0.717, 1.165) is 19.5 Å². The highest BCUT2D eigenvalue weighted by Crippen LogP contribution is 2.36. The second kappa shape index (κ2) is 5.55. The van der Waals surface area contributed by atoms with Gasteiger partial charge in [-0.05, 0) is 38.5 Å². The lowest BCUT2D eigenvalue weighted by molar-refractivity contribution is 0.534. The van der Waals surface area contributed by atoms with Gasteiger partial charge in [0, 0.05) is 17.5 Å². The molecule has 0 bridgehead atoms. The molecule has 1 aliphatic rings. The molecular weight excluding hydrogens is 230 g/mol. The second-order valence-corrected chi connectivity index (χ2v) is 8.50. The quantitative estimate of drug-likeness (QED) is 0.723. The van der Waals surface area contributed by atoms with Crippen LogP contribution in [0.25, 0.3) is 0 Å². The normalized spacial score (nSPS) is 27.1. The fourth-order valence-electron chi connectivity index (χ4n) is 1.79. The molecule has 0 amide bonds. The zero-order chi connectivity index (χ0) is 11.4. The minimum absolute atomic E-state index is 0.295. The first kappa shape index (κ1) is 13.3. The van der Waals surface area contributed by atoms with Crippen molar-refractivity contribution in [2.75, 3.05) is 30.9 Å². The average molecular weight is 251 g/mol. The summed E-state index contributed by atoms with van der Waals surface area (Å²) in [7, 11) is -2.78. The first-order chi connectivity index (χ1) is 6.91. The van der Waals surface area contributed by atoms with Gasteiger partial charge in [-0.25, -0.2) is 8.42 Å². The Hall–Kier alpha value is 0.260. The molecule has 0 aromatic carbocycles. The van der Waals surface area contributed by atoms with E-state index in [1.54, 1.807) is 0 Å². The third-order valence-corrected chi connectivity index (χ3v) is 5.24. The first-order valence-corrected chi connectivity index (χ1v) is 8.48. The molecule has 1 N–H and O–H groups in total. The van der Waals surface area contributed by atoms with Crippen molar-refractivity contribution in [1.29, 1.82) is 0 Å². The van der Waals surface area contributed by atoms with Gasteiger partial charge in [-0.15, -0.1) is 0 Å². The molecule has 1 heterocycles. The highest BCUT2D eigenvalue weighted by atomic mass is 32.2. The Kier molecular flexibility index (Phi) is 4.93. The largest absolute Gasteiger partial charge is 0.315 e. The Labute approximate surface area is 97.3 Å². The van der Waals surface area contributed by atoms with Crippen LogP contribution in [0.2, 0.25) is 0 Å². The number of hydrogen-bond acceptors (Lipinski definition) is 4. The maximum atomic E-state index is 10.9. The summed E-state index contributed by atoms with van der Waals surface area (Å²) >= 11 is 2.03. The van der Waals surface area contributed by atoms with E-state index in [2.05, 4.69) is 12.2 Å². The van der Waals surface area contributed by atoms with Crippen molar-refractivity contribution in [3.63, 3.8) is 0 Å². The molecule has 1 atom stereocenters. The minimum Gasteiger partial charge on any atom is -0.315 e. The monoisotopic (exact) mass is 251 g/mol. The molecule has 0 radical (unpaired) electrons. The molecule has 1 unspecified atom stereocenters. The first-order valence-electron chi connectivity index (χ1n) is 5.44. The lowest BCUT2D eigenvalue weighted by atomic mass is 10.1. The average Bonchev–Trinajstić information content (AvgIpc) is 2.50. The number of sulfone groups is 1. The van der Waals surface area contributed by atoms with Crippen LogP contribution in [0.15, 0.2) is 0 Å². The predicted octanol–water partition coefficient (Wildman–Crippen LogP) is 1.30. The SMILES string of the molecule is CC1(CNCCCS(C)(=O)=O)CCCS1. The third kappa shape index (κ3) is 5.78. The maximum absolute atomic E-state index is 10.9. The van der Waals surface area contributed by atoms with E-state index in [1.807, 2.05) is 11.8 Å². The van der Waals surface area contributed by atoms with Gasteiger partial charge in [-0.1, -0.05) is 0 Å². The van der Waals surface area contributed by atoms with Gasteiger partial charge in [-0.3, -0.25) is 0 Å². The van der Waals surface area contributed by atoms with Crippen molar-refractivity contribution in [3.05, 3.63) is 0 Å². The summed E-state index contributed by atoms with van der Waals surface area (Å²) in [6.07, 6.45) is 4.60. The van der Waals surface area contributed by atoms with Gasteiger partial charge in [-0.2, -0.15) is 11.8 Å². The molecule has 1 fully saturated rings. The molecule has 90 valence electrons. The summed E-state index contributed by atoms with van der Waals surface area (Å²) in [5.41, 5.74) is 0. The number of rotatable bonds is 6. The molecule has 5 heteroatoms. The van der Waals surface area contributed by atoms with Crippen molar-refractivity contribution in [2.45, 2.75) is 30.9 Å². The second-order valence-electron chi connectivity index (χ2n) is 4.56. The van der Waals surface area contributed by atoms with E-state index in [1.165, 1.54) is 24.9 Å². The topological polar surface area (TPSA) is 46.2 Å². The van der Waals surface area contributed by atoms with Gasteiger partial charge in [0.25, 0.3) is 0 Å². The van der Waals surface area contributed by atoms with Crippen molar-refractivity contribution < 1.29 is 8.42 Å². The van der Waals surface area contributed by atoms with Gasteiger partial charge < -0.3 is 5.32 Å². The summed E-state index contributed by atoms with van der Waals surface area (Å²) < 4.78 is 22.1. The Morgan fingerprint density at radius 2 is 2.20 bits per heavy atom. The Bertz CT molecular complexity index is 282. The van der Waals surface area contributed by atoms with Gasteiger partial charge >= 0.3 is 0 Å². The van der Waals surface area contributed by atoms with E-state index in [4.69, 9.17) is 0 Å². The van der Waals surface area contributed by atoms with Crippen molar-refractivity contribution >= 4 is 21.6 Å². The highest BCUT2D eigenvalue weighted by molar-refractivity contribution is 8.00. The fourth-order valence-corrected chi connectivity index (χ4v) is 3.73. The van der Waals surface area contributed by atoms with Crippen LogP contribution in [-0.4, -0.2) is 44.0 Å². The number of nitrogens with one attached hydrogen (secondary N) is 1. The van der Waals surface area contributed by atoms with Crippen LogP contribution in [0.4, 0.5) is 0 Å². The van der Waals surface area contributed by atoms with Crippen molar-refractivity contribution in [1.82, 2.24) is 5.32 Å². The van der Waals surface area contributed by atoms with Crippen LogP contribution in [0.5, 0.6) is 0 Å². The molecule has 0 saturated carbocycles. The molecule has 0 spiro atoms. The van der Waals surface area contributed by atoms with Crippen LogP contribution in [0, 0.1) is 0 Å². The molecule has 3 nitrogen and oxygen atoms in total. The Morgan fingerprint density at radius 1 is 1.47 bits per heavy atom. The third-order valence-electron chi connectivity index (χ3n) is 2.67. The van der Waals surface area contributed by atoms with E-state index in [-0.39, 0.29) is 0 Å². The summed E-state index contributed by atoms with van der Waals surface area (Å²) in [6, 6.07) is 0. The van der Waals surface area contributed by atoms with Gasteiger partial charge in [0.1, 0.15) is 9.84 Å². The van der Waals surface area contributed by atoms with E-state index < -0.39 is 9.84 Å². The number of thioether (sulfide) groups is 1. The zero-order valence-electron chi connectivity index (χ0n) is 9.58. The molecule has 0 aromatic heterocycles. The number of hydrogen-bond donors (Lipinski definition) is 1. The smallest absolute Gasteiger partial charge is 0.147 e. The van der Waals surface area contributed by atoms with Gasteiger partial charge in [0.2, 0.25) is 0 Å². The summed E-state index contributed by atoms with van der Waals surface area (Å²) in [5.74, 6) is 1.56. The summed E-state index contributed by atoms with van der Waals surface area (Å²) in [5, 5.41) is 3.36. The standard InChI is InChI=1S/C10H21NO2S2/c1-10(5-3-7-14-10)9-11-6-4-8-15(2,12)13/h11H,3-9H2,1-2H3. The Morgan fingerprint density at radius 3 is 2.73 bits per heavy atom. The molecule has 15 heavy (non-hydrogen) atoms. The van der Waals surface area contributed by atoms with Crippen molar-refractivity contribution in [3.8, 4) is 0 Å². The summed E-state index contributed by atoms with van der Waals surface area (Å²) in [6.45, 7) is 4.10. The fraction of sp³-hybridized carbons (Fsp3) is 1.00. The van der Waals surface area contributed by atoms with Gasteiger partial charge in [0.15, 0.2) is 0 Å². The van der Waals surface area contributed by atoms with Gasteiger partial charge in [0.05, 0.1) is 5.75 Å².